The van der Waals surface area contributed by atoms with Crippen molar-refractivity contribution in [2.45, 2.75) is 6.04 Å². The first kappa shape index (κ1) is 16.7. The van der Waals surface area contributed by atoms with Gasteiger partial charge < -0.3 is 4.57 Å². The predicted molar refractivity (Wildman–Crippen MR) is 92.5 cm³/mol. The van der Waals surface area contributed by atoms with Crippen LogP contribution in [0.1, 0.15) is 22.1 Å². The Morgan fingerprint density at radius 1 is 1.25 bits per heavy atom. The van der Waals surface area contributed by atoms with E-state index in [1.807, 2.05) is 30.3 Å². The molecule has 0 bridgehead atoms. The summed E-state index contributed by atoms with van der Waals surface area (Å²) in [6.07, 6.45) is 1.77. The monoisotopic (exact) mass is 391 g/mol. The molecule has 0 aliphatic carbocycles. The van der Waals surface area contributed by atoms with Gasteiger partial charge in [0.05, 0.1) is 12.0 Å². The summed E-state index contributed by atoms with van der Waals surface area (Å²) < 4.78 is 2.48. The SMILES string of the molecule is Cn1cc(Br)cc1C(=O)NNC(=O)C1CNNC1c1ccccc1. The Bertz CT molecular complexity index is 746. The molecule has 126 valence electrons. The molecule has 1 aromatic heterocycles. The van der Waals surface area contributed by atoms with E-state index in [1.54, 1.807) is 23.9 Å². The quantitative estimate of drug-likeness (QED) is 0.588. The van der Waals surface area contributed by atoms with Gasteiger partial charge in [0.1, 0.15) is 5.69 Å². The fourth-order valence-electron chi connectivity index (χ4n) is 2.74. The molecule has 1 saturated heterocycles. The Kier molecular flexibility index (Phi) is 4.98. The summed E-state index contributed by atoms with van der Waals surface area (Å²) in [4.78, 5) is 24.6. The summed E-state index contributed by atoms with van der Waals surface area (Å²) in [5.41, 5.74) is 12.5. The van der Waals surface area contributed by atoms with Crippen LogP contribution in [-0.2, 0) is 11.8 Å². The number of aryl methyl sites for hydroxylation is 1. The summed E-state index contributed by atoms with van der Waals surface area (Å²) in [5, 5.41) is 0. The lowest BCUT2D eigenvalue weighted by Crippen LogP contribution is -2.46. The maximum absolute atomic E-state index is 12.4. The third-order valence-corrected chi connectivity index (χ3v) is 4.41. The number of carbonyl (C=O) groups is 2. The third kappa shape index (κ3) is 3.50. The van der Waals surface area contributed by atoms with Crippen LogP contribution in [0.5, 0.6) is 0 Å². The second-order valence-corrected chi connectivity index (χ2v) is 6.53. The second kappa shape index (κ2) is 7.16. The van der Waals surface area contributed by atoms with Gasteiger partial charge in [0.25, 0.3) is 5.91 Å². The maximum atomic E-state index is 12.4. The highest BCUT2D eigenvalue weighted by atomic mass is 79.9. The molecule has 1 fully saturated rings. The first-order valence-electron chi connectivity index (χ1n) is 7.51. The van der Waals surface area contributed by atoms with Crippen LogP contribution in [0.4, 0.5) is 0 Å². The van der Waals surface area contributed by atoms with E-state index in [1.165, 1.54) is 0 Å². The van der Waals surface area contributed by atoms with Crippen molar-refractivity contribution in [2.24, 2.45) is 13.0 Å². The van der Waals surface area contributed by atoms with Gasteiger partial charge in [-0.3, -0.25) is 25.9 Å². The largest absolute Gasteiger partial charge is 0.345 e. The van der Waals surface area contributed by atoms with Gasteiger partial charge in [-0.15, -0.1) is 0 Å². The zero-order valence-corrected chi connectivity index (χ0v) is 14.6. The van der Waals surface area contributed by atoms with Gasteiger partial charge in [0.2, 0.25) is 5.91 Å². The van der Waals surface area contributed by atoms with Gasteiger partial charge >= 0.3 is 0 Å². The molecule has 1 aromatic carbocycles. The molecule has 2 amide bonds. The minimum atomic E-state index is -0.369. The smallest absolute Gasteiger partial charge is 0.286 e. The standard InChI is InChI=1S/C16H18BrN5O2/c1-22-9-11(17)7-13(22)16(24)21-20-15(23)12-8-18-19-14(12)10-5-3-2-4-6-10/h2-7,9,12,14,18-19H,8H2,1H3,(H,20,23)(H,21,24). The van der Waals surface area contributed by atoms with Crippen molar-refractivity contribution in [3.05, 3.63) is 58.3 Å². The normalized spacial score (nSPS) is 19.9. The van der Waals surface area contributed by atoms with Crippen LogP contribution >= 0.6 is 15.9 Å². The molecular formula is C16H18BrN5O2. The van der Waals surface area contributed by atoms with Crippen LogP contribution in [0.25, 0.3) is 0 Å². The minimum Gasteiger partial charge on any atom is -0.345 e. The lowest BCUT2D eigenvalue weighted by Gasteiger charge is -2.18. The zero-order chi connectivity index (χ0) is 17.1. The number of nitrogens with one attached hydrogen (secondary N) is 4. The number of hydrazine groups is 2. The Balaban J connectivity index is 1.62. The van der Waals surface area contributed by atoms with Crippen molar-refractivity contribution in [3.8, 4) is 0 Å². The van der Waals surface area contributed by atoms with Crippen LogP contribution in [0.2, 0.25) is 0 Å². The number of rotatable bonds is 3. The Labute approximate surface area is 147 Å². The van der Waals surface area contributed by atoms with Crippen molar-refractivity contribution >= 4 is 27.7 Å². The highest BCUT2D eigenvalue weighted by Crippen LogP contribution is 2.24. The van der Waals surface area contributed by atoms with Gasteiger partial charge in [-0.2, -0.15) is 0 Å². The first-order valence-corrected chi connectivity index (χ1v) is 8.31. The lowest BCUT2D eigenvalue weighted by atomic mass is 9.94. The number of hydrogen-bond donors (Lipinski definition) is 4. The van der Waals surface area contributed by atoms with E-state index in [0.29, 0.717) is 12.2 Å². The molecule has 2 aromatic rings. The lowest BCUT2D eigenvalue weighted by molar-refractivity contribution is -0.125. The number of aromatic nitrogens is 1. The van der Waals surface area contributed by atoms with E-state index in [2.05, 4.69) is 37.6 Å². The average Bonchev–Trinajstić information content (AvgIpc) is 3.19. The molecule has 4 N–H and O–H groups in total. The van der Waals surface area contributed by atoms with Gasteiger partial charge in [0.15, 0.2) is 0 Å². The minimum absolute atomic E-state index is 0.146. The number of halogens is 1. The molecule has 8 heteroatoms. The molecule has 2 atom stereocenters. The average molecular weight is 392 g/mol. The van der Waals surface area contributed by atoms with Crippen LogP contribution < -0.4 is 21.7 Å². The van der Waals surface area contributed by atoms with Crippen molar-refractivity contribution < 1.29 is 9.59 Å². The van der Waals surface area contributed by atoms with Crippen molar-refractivity contribution in [1.82, 2.24) is 26.3 Å². The number of benzene rings is 1. The number of amides is 2. The van der Waals surface area contributed by atoms with E-state index in [-0.39, 0.29) is 23.8 Å². The van der Waals surface area contributed by atoms with Crippen molar-refractivity contribution in [2.75, 3.05) is 6.54 Å². The summed E-state index contributed by atoms with van der Waals surface area (Å²) in [7, 11) is 1.76. The van der Waals surface area contributed by atoms with E-state index in [9.17, 15) is 9.59 Å². The van der Waals surface area contributed by atoms with Crippen LogP contribution in [0.3, 0.4) is 0 Å². The topological polar surface area (TPSA) is 87.2 Å². The molecule has 0 saturated carbocycles. The van der Waals surface area contributed by atoms with Gasteiger partial charge in [-0.1, -0.05) is 30.3 Å². The molecule has 1 aliphatic heterocycles. The summed E-state index contributed by atoms with van der Waals surface area (Å²) >= 11 is 3.31. The molecule has 1 aliphatic rings. The first-order chi connectivity index (χ1) is 11.6. The molecule has 0 radical (unpaired) electrons. The van der Waals surface area contributed by atoms with Gasteiger partial charge in [0, 0.05) is 24.3 Å². The molecule has 2 unspecified atom stereocenters. The van der Waals surface area contributed by atoms with E-state index in [4.69, 9.17) is 0 Å². The van der Waals surface area contributed by atoms with Crippen LogP contribution in [0.15, 0.2) is 47.1 Å². The van der Waals surface area contributed by atoms with Gasteiger partial charge in [-0.25, -0.2) is 5.43 Å². The van der Waals surface area contributed by atoms with E-state index < -0.39 is 0 Å². The summed E-state index contributed by atoms with van der Waals surface area (Å²) in [6.45, 7) is 0.483. The Hall–Kier alpha value is -2.16. The van der Waals surface area contributed by atoms with Crippen molar-refractivity contribution in [1.29, 1.82) is 0 Å². The fraction of sp³-hybridized carbons (Fsp3) is 0.250. The number of nitrogens with zero attached hydrogens (tertiary/aromatic N) is 1. The molecule has 0 spiro atoms. The molecule has 2 heterocycles. The van der Waals surface area contributed by atoms with Crippen molar-refractivity contribution in [3.63, 3.8) is 0 Å². The number of carbonyl (C=O) groups excluding carboxylic acids is 2. The number of hydrogen-bond acceptors (Lipinski definition) is 4. The molecule has 3 rings (SSSR count). The van der Waals surface area contributed by atoms with Gasteiger partial charge in [-0.05, 0) is 27.6 Å². The third-order valence-electron chi connectivity index (χ3n) is 3.98. The Morgan fingerprint density at radius 3 is 2.67 bits per heavy atom. The molecule has 7 nitrogen and oxygen atoms in total. The summed E-state index contributed by atoms with van der Waals surface area (Å²) in [5.74, 6) is -0.942. The molecule has 24 heavy (non-hydrogen) atoms. The van der Waals surface area contributed by atoms with E-state index in [0.717, 1.165) is 10.0 Å². The predicted octanol–water partition coefficient (Wildman–Crippen LogP) is 1.01. The van der Waals surface area contributed by atoms with Crippen LogP contribution in [0, 0.1) is 5.92 Å². The van der Waals surface area contributed by atoms with Crippen LogP contribution in [-0.4, -0.2) is 22.9 Å². The highest BCUT2D eigenvalue weighted by molar-refractivity contribution is 9.10. The molecular weight excluding hydrogens is 374 g/mol. The van der Waals surface area contributed by atoms with E-state index >= 15 is 0 Å². The maximum Gasteiger partial charge on any atom is 0.286 e. The highest BCUT2D eigenvalue weighted by Gasteiger charge is 2.34. The fourth-order valence-corrected chi connectivity index (χ4v) is 3.27. The zero-order valence-electron chi connectivity index (χ0n) is 13.0. The summed E-state index contributed by atoms with van der Waals surface area (Å²) in [6, 6.07) is 11.3. The Morgan fingerprint density at radius 2 is 2.00 bits per heavy atom. The second-order valence-electron chi connectivity index (χ2n) is 5.62.